The Bertz CT molecular complexity index is 577. The van der Waals surface area contributed by atoms with Crippen LogP contribution in [0.1, 0.15) is 32.6 Å². The minimum absolute atomic E-state index is 0.155. The molecule has 20 heavy (non-hydrogen) atoms. The minimum Gasteiger partial charge on any atom is -0.399 e. The molecule has 1 aliphatic carbocycles. The zero-order valence-corrected chi connectivity index (χ0v) is 15.3. The summed E-state index contributed by atoms with van der Waals surface area (Å²) >= 11 is 6.65. The Morgan fingerprint density at radius 2 is 1.85 bits per heavy atom. The van der Waals surface area contributed by atoms with Crippen molar-refractivity contribution in [2.24, 2.45) is 0 Å². The van der Waals surface area contributed by atoms with Crippen LogP contribution in [0.15, 0.2) is 26.0 Å². The summed E-state index contributed by atoms with van der Waals surface area (Å²) in [4.78, 5) is 0.273. The Morgan fingerprint density at radius 1 is 1.30 bits per heavy atom. The summed E-state index contributed by atoms with van der Waals surface area (Å²) in [7, 11) is -3.50. The third kappa shape index (κ3) is 3.37. The SMILES string of the molecule is CCCCN(C1CC1)S(=O)(=O)c1c(Br)cc(N)cc1Br. The summed E-state index contributed by atoms with van der Waals surface area (Å²) in [6.07, 6.45) is 3.75. The molecule has 2 rings (SSSR count). The number of halogens is 2. The van der Waals surface area contributed by atoms with E-state index in [-0.39, 0.29) is 10.9 Å². The molecule has 4 nitrogen and oxygen atoms in total. The lowest BCUT2D eigenvalue weighted by atomic mass is 10.3. The summed E-state index contributed by atoms with van der Waals surface area (Å²) in [5, 5.41) is 0. The van der Waals surface area contributed by atoms with Gasteiger partial charge in [0.05, 0.1) is 0 Å². The van der Waals surface area contributed by atoms with Crippen LogP contribution >= 0.6 is 31.9 Å². The Morgan fingerprint density at radius 3 is 2.30 bits per heavy atom. The number of benzene rings is 1. The minimum atomic E-state index is -3.50. The van der Waals surface area contributed by atoms with Gasteiger partial charge in [0, 0.05) is 27.2 Å². The Balaban J connectivity index is 2.42. The van der Waals surface area contributed by atoms with Crippen LogP contribution in [0.4, 0.5) is 5.69 Å². The molecule has 112 valence electrons. The van der Waals surface area contributed by atoms with Gasteiger partial charge < -0.3 is 5.73 Å². The number of unbranched alkanes of at least 4 members (excludes halogenated alkanes) is 1. The molecule has 1 saturated carbocycles. The fourth-order valence-corrected chi connectivity index (χ4v) is 6.39. The highest BCUT2D eigenvalue weighted by atomic mass is 79.9. The molecule has 1 aromatic carbocycles. The van der Waals surface area contributed by atoms with Crippen LogP contribution in [0.5, 0.6) is 0 Å². The standard InChI is InChI=1S/C13H18Br2N2O2S/c1-2-3-6-17(10-4-5-10)20(18,19)13-11(14)7-9(16)8-12(13)15/h7-8,10H,2-6,16H2,1H3. The summed E-state index contributed by atoms with van der Waals surface area (Å²) < 4.78 is 28.4. The summed E-state index contributed by atoms with van der Waals surface area (Å²) in [5.74, 6) is 0. The van der Waals surface area contributed by atoms with Crippen molar-refractivity contribution < 1.29 is 8.42 Å². The molecule has 0 amide bonds. The number of rotatable bonds is 6. The number of nitrogens with two attached hydrogens (primary N) is 1. The fraction of sp³-hybridized carbons (Fsp3) is 0.538. The second-order valence-electron chi connectivity index (χ2n) is 5.01. The first kappa shape index (κ1) is 16.3. The number of nitrogens with zero attached hydrogens (tertiary/aromatic N) is 1. The lowest BCUT2D eigenvalue weighted by Crippen LogP contribution is -2.34. The van der Waals surface area contributed by atoms with Gasteiger partial charge in [0.2, 0.25) is 10.0 Å². The van der Waals surface area contributed by atoms with Gasteiger partial charge in [-0.05, 0) is 63.3 Å². The molecule has 1 fully saturated rings. The van der Waals surface area contributed by atoms with E-state index in [1.807, 2.05) is 0 Å². The molecule has 1 aromatic rings. The van der Waals surface area contributed by atoms with E-state index in [9.17, 15) is 8.42 Å². The summed E-state index contributed by atoms with van der Waals surface area (Å²) in [6.45, 7) is 2.64. The molecule has 0 bridgehead atoms. The maximum atomic E-state index is 12.9. The van der Waals surface area contributed by atoms with Gasteiger partial charge in [0.25, 0.3) is 0 Å². The van der Waals surface area contributed by atoms with Gasteiger partial charge in [-0.3, -0.25) is 0 Å². The predicted octanol–water partition coefficient (Wildman–Crippen LogP) is 3.75. The third-order valence-corrected chi connectivity index (χ3v) is 7.10. The fourth-order valence-electron chi connectivity index (χ4n) is 2.12. The molecule has 0 aliphatic heterocycles. The summed E-state index contributed by atoms with van der Waals surface area (Å²) in [6, 6.07) is 3.41. The van der Waals surface area contributed by atoms with E-state index in [1.165, 1.54) is 0 Å². The van der Waals surface area contributed by atoms with Gasteiger partial charge in [-0.2, -0.15) is 4.31 Å². The van der Waals surface area contributed by atoms with Crippen molar-refractivity contribution in [3.63, 3.8) is 0 Å². The van der Waals surface area contributed by atoms with Gasteiger partial charge in [-0.15, -0.1) is 0 Å². The van der Waals surface area contributed by atoms with Crippen molar-refractivity contribution in [2.75, 3.05) is 12.3 Å². The predicted molar refractivity (Wildman–Crippen MR) is 88.1 cm³/mol. The molecular formula is C13H18Br2N2O2S. The third-order valence-electron chi connectivity index (χ3n) is 3.27. The molecule has 0 spiro atoms. The Hall–Kier alpha value is -0.110. The molecular weight excluding hydrogens is 408 g/mol. The van der Waals surface area contributed by atoms with Crippen molar-refractivity contribution >= 4 is 47.6 Å². The lowest BCUT2D eigenvalue weighted by Gasteiger charge is -2.23. The molecule has 1 aliphatic rings. The van der Waals surface area contributed by atoms with Crippen LogP contribution in [0.25, 0.3) is 0 Å². The molecule has 0 atom stereocenters. The highest BCUT2D eigenvalue weighted by Crippen LogP contribution is 2.38. The highest BCUT2D eigenvalue weighted by Gasteiger charge is 2.39. The van der Waals surface area contributed by atoms with Crippen molar-refractivity contribution in [1.29, 1.82) is 0 Å². The lowest BCUT2D eigenvalue weighted by molar-refractivity contribution is 0.395. The first-order valence-electron chi connectivity index (χ1n) is 6.64. The van der Waals surface area contributed by atoms with Crippen molar-refractivity contribution in [3.8, 4) is 0 Å². The van der Waals surface area contributed by atoms with Gasteiger partial charge in [-0.1, -0.05) is 13.3 Å². The van der Waals surface area contributed by atoms with E-state index < -0.39 is 10.0 Å². The maximum absolute atomic E-state index is 12.9. The Kier molecular flexibility index (Phi) is 5.15. The molecule has 0 aromatic heterocycles. The molecule has 7 heteroatoms. The van der Waals surface area contributed by atoms with Gasteiger partial charge in [0.1, 0.15) is 4.90 Å². The van der Waals surface area contributed by atoms with Crippen LogP contribution < -0.4 is 5.73 Å². The maximum Gasteiger partial charge on any atom is 0.245 e. The summed E-state index contributed by atoms with van der Waals surface area (Å²) in [5.41, 5.74) is 6.25. The number of sulfonamides is 1. The number of anilines is 1. The number of hydrogen-bond donors (Lipinski definition) is 1. The Labute approximate surface area is 137 Å². The van der Waals surface area contributed by atoms with E-state index in [1.54, 1.807) is 16.4 Å². The smallest absolute Gasteiger partial charge is 0.245 e. The zero-order valence-electron chi connectivity index (χ0n) is 11.3. The first-order valence-corrected chi connectivity index (χ1v) is 9.67. The molecule has 0 saturated heterocycles. The second-order valence-corrected chi connectivity index (χ2v) is 8.55. The van der Waals surface area contributed by atoms with E-state index in [2.05, 4.69) is 38.8 Å². The topological polar surface area (TPSA) is 63.4 Å². The quantitative estimate of drug-likeness (QED) is 0.706. The number of hydrogen-bond acceptors (Lipinski definition) is 3. The van der Waals surface area contributed by atoms with Crippen LogP contribution in [0.2, 0.25) is 0 Å². The van der Waals surface area contributed by atoms with Crippen molar-refractivity contribution in [2.45, 2.75) is 43.5 Å². The molecule has 0 heterocycles. The van der Waals surface area contributed by atoms with Gasteiger partial charge in [0.15, 0.2) is 0 Å². The highest BCUT2D eigenvalue weighted by molar-refractivity contribution is 9.11. The van der Waals surface area contributed by atoms with Crippen LogP contribution in [-0.2, 0) is 10.0 Å². The van der Waals surface area contributed by atoms with Crippen LogP contribution in [-0.4, -0.2) is 25.3 Å². The molecule has 0 unspecified atom stereocenters. The largest absolute Gasteiger partial charge is 0.399 e. The van der Waals surface area contributed by atoms with Crippen LogP contribution in [0, 0.1) is 0 Å². The van der Waals surface area contributed by atoms with E-state index in [0.29, 0.717) is 21.2 Å². The zero-order chi connectivity index (χ0) is 14.9. The van der Waals surface area contributed by atoms with Gasteiger partial charge in [-0.25, -0.2) is 8.42 Å². The van der Waals surface area contributed by atoms with Crippen molar-refractivity contribution in [1.82, 2.24) is 4.31 Å². The van der Waals surface area contributed by atoms with E-state index >= 15 is 0 Å². The molecule has 2 N–H and O–H groups in total. The van der Waals surface area contributed by atoms with Crippen LogP contribution in [0.3, 0.4) is 0 Å². The average molecular weight is 426 g/mol. The van der Waals surface area contributed by atoms with Gasteiger partial charge >= 0.3 is 0 Å². The van der Waals surface area contributed by atoms with E-state index in [4.69, 9.17) is 5.73 Å². The average Bonchev–Trinajstić information content (AvgIpc) is 3.11. The second kappa shape index (κ2) is 6.34. The normalized spacial score (nSPS) is 15.8. The molecule has 0 radical (unpaired) electrons. The number of nitrogen functional groups attached to an aromatic ring is 1. The first-order chi connectivity index (χ1) is 9.37. The van der Waals surface area contributed by atoms with Crippen molar-refractivity contribution in [3.05, 3.63) is 21.1 Å². The monoisotopic (exact) mass is 424 g/mol. The van der Waals surface area contributed by atoms with E-state index in [0.717, 1.165) is 25.7 Å².